The van der Waals surface area contributed by atoms with E-state index >= 15 is 0 Å². The van der Waals surface area contributed by atoms with E-state index < -0.39 is 5.38 Å². The molecule has 15 heavy (non-hydrogen) atoms. The second-order valence-electron chi connectivity index (χ2n) is 3.02. The van der Waals surface area contributed by atoms with Crippen LogP contribution in [0.3, 0.4) is 0 Å². The summed E-state index contributed by atoms with van der Waals surface area (Å²) in [7, 11) is 0. The van der Waals surface area contributed by atoms with Crippen LogP contribution in [0.1, 0.15) is 17.3 Å². The average molecular weight is 261 g/mol. The van der Waals surface area contributed by atoms with Crippen LogP contribution in [-0.2, 0) is 0 Å². The molecule has 0 spiro atoms. The van der Waals surface area contributed by atoms with Crippen molar-refractivity contribution in [3.05, 3.63) is 23.8 Å². The van der Waals surface area contributed by atoms with E-state index in [-0.39, 0.29) is 5.78 Å². The summed E-state index contributed by atoms with van der Waals surface area (Å²) in [5, 5.41) is -0.468. The number of ketones is 1. The van der Waals surface area contributed by atoms with E-state index in [1.807, 2.05) is 30.7 Å². The van der Waals surface area contributed by atoms with Gasteiger partial charge in [0.2, 0.25) is 0 Å². The van der Waals surface area contributed by atoms with Crippen LogP contribution >= 0.6 is 35.1 Å². The molecule has 4 heteroatoms. The van der Waals surface area contributed by atoms with Crippen LogP contribution in [0.15, 0.2) is 28.0 Å². The number of hydrogen-bond acceptors (Lipinski definition) is 3. The molecule has 0 fully saturated rings. The fraction of sp³-hybridized carbons (Fsp3) is 0.364. The monoisotopic (exact) mass is 260 g/mol. The van der Waals surface area contributed by atoms with Gasteiger partial charge in [-0.3, -0.25) is 4.79 Å². The Morgan fingerprint density at radius 2 is 1.73 bits per heavy atom. The summed E-state index contributed by atoms with van der Waals surface area (Å²) in [5.41, 5.74) is 0.764. The first-order valence-electron chi connectivity index (χ1n) is 4.51. The zero-order chi connectivity index (χ0) is 11.4. The Bertz CT molecular complexity index is 341. The molecule has 0 radical (unpaired) electrons. The molecule has 0 bridgehead atoms. The fourth-order valence-electron chi connectivity index (χ4n) is 1.29. The molecule has 0 saturated heterocycles. The molecule has 82 valence electrons. The molecule has 0 aromatic heterocycles. The van der Waals surface area contributed by atoms with Gasteiger partial charge in [0.05, 0.1) is 5.38 Å². The number of thioether (sulfide) groups is 2. The van der Waals surface area contributed by atoms with Gasteiger partial charge >= 0.3 is 0 Å². The molecule has 1 unspecified atom stereocenters. The number of alkyl halides is 1. The highest BCUT2D eigenvalue weighted by atomic mass is 35.5. The Balaban J connectivity index is 3.28. The van der Waals surface area contributed by atoms with E-state index in [0.29, 0.717) is 0 Å². The second-order valence-corrected chi connectivity index (χ2v) is 5.37. The minimum absolute atomic E-state index is 0.00552. The highest BCUT2D eigenvalue weighted by molar-refractivity contribution is 7.99. The minimum atomic E-state index is -0.468. The summed E-state index contributed by atoms with van der Waals surface area (Å²) in [6, 6.07) is 5.88. The molecule has 1 aromatic carbocycles. The number of benzene rings is 1. The zero-order valence-corrected chi connectivity index (χ0v) is 11.3. The lowest BCUT2D eigenvalue weighted by molar-refractivity contribution is 0.0986. The van der Waals surface area contributed by atoms with Crippen molar-refractivity contribution in [2.24, 2.45) is 0 Å². The van der Waals surface area contributed by atoms with Gasteiger partial charge in [-0.2, -0.15) is 0 Å². The highest BCUT2D eigenvalue weighted by Gasteiger charge is 2.19. The van der Waals surface area contributed by atoms with Gasteiger partial charge in [-0.25, -0.2) is 0 Å². The summed E-state index contributed by atoms with van der Waals surface area (Å²) >= 11 is 9.01. The predicted octanol–water partition coefficient (Wildman–Crippen LogP) is 3.94. The highest BCUT2D eigenvalue weighted by Crippen LogP contribution is 2.30. The van der Waals surface area contributed by atoms with Gasteiger partial charge in [0, 0.05) is 15.4 Å². The molecule has 0 aliphatic heterocycles. The number of carbonyl (C=O) groups is 1. The minimum Gasteiger partial charge on any atom is -0.292 e. The van der Waals surface area contributed by atoms with Crippen molar-refractivity contribution in [2.45, 2.75) is 22.1 Å². The standard InChI is InChI=1S/C11H13ClOS2/c1-7(12)11(13)10-8(14-2)5-4-6-9(10)15-3/h4-7H,1-3H3. The Labute approximate surface area is 104 Å². The smallest absolute Gasteiger partial charge is 0.182 e. The van der Waals surface area contributed by atoms with Crippen LogP contribution in [0, 0.1) is 0 Å². The van der Waals surface area contributed by atoms with Crippen molar-refractivity contribution in [1.29, 1.82) is 0 Å². The maximum atomic E-state index is 11.9. The summed E-state index contributed by atoms with van der Waals surface area (Å²) in [4.78, 5) is 13.9. The molecule has 1 aromatic rings. The lowest BCUT2D eigenvalue weighted by Crippen LogP contribution is -2.12. The van der Waals surface area contributed by atoms with E-state index in [2.05, 4.69) is 0 Å². The van der Waals surface area contributed by atoms with Crippen molar-refractivity contribution in [3.8, 4) is 0 Å². The Kier molecular flexibility index (Phi) is 5.03. The van der Waals surface area contributed by atoms with Crippen LogP contribution in [0.4, 0.5) is 0 Å². The molecular weight excluding hydrogens is 248 g/mol. The number of rotatable bonds is 4. The third-order valence-corrected chi connectivity index (χ3v) is 3.79. The number of carbonyl (C=O) groups excluding carboxylic acids is 1. The molecule has 0 heterocycles. The lowest BCUT2D eigenvalue weighted by Gasteiger charge is -2.11. The van der Waals surface area contributed by atoms with Crippen molar-refractivity contribution in [2.75, 3.05) is 12.5 Å². The van der Waals surface area contributed by atoms with E-state index in [4.69, 9.17) is 11.6 Å². The summed E-state index contributed by atoms with van der Waals surface area (Å²) in [5.74, 6) is 0.00552. The van der Waals surface area contributed by atoms with E-state index in [1.165, 1.54) is 0 Å². The molecule has 0 saturated carbocycles. The molecular formula is C11H13ClOS2. The van der Waals surface area contributed by atoms with Gasteiger partial charge in [0.1, 0.15) is 0 Å². The molecule has 0 aliphatic carbocycles. The second kappa shape index (κ2) is 5.83. The Morgan fingerprint density at radius 3 is 2.07 bits per heavy atom. The Morgan fingerprint density at radius 1 is 1.27 bits per heavy atom. The SMILES string of the molecule is CSc1cccc(SC)c1C(=O)C(C)Cl. The van der Waals surface area contributed by atoms with Crippen molar-refractivity contribution in [1.82, 2.24) is 0 Å². The van der Waals surface area contributed by atoms with Gasteiger partial charge in [-0.15, -0.1) is 35.1 Å². The quantitative estimate of drug-likeness (QED) is 0.464. The Hall–Kier alpha value is -0.120. The summed E-state index contributed by atoms with van der Waals surface area (Å²) in [6.45, 7) is 1.71. The van der Waals surface area contributed by atoms with Crippen LogP contribution in [-0.4, -0.2) is 23.7 Å². The van der Waals surface area contributed by atoms with Crippen LogP contribution in [0.2, 0.25) is 0 Å². The lowest BCUT2D eigenvalue weighted by atomic mass is 10.1. The van der Waals surface area contributed by atoms with Crippen LogP contribution in [0.25, 0.3) is 0 Å². The topological polar surface area (TPSA) is 17.1 Å². The van der Waals surface area contributed by atoms with Gasteiger partial charge in [-0.05, 0) is 31.6 Å². The van der Waals surface area contributed by atoms with Gasteiger partial charge < -0.3 is 0 Å². The fourth-order valence-corrected chi connectivity index (χ4v) is 2.73. The third kappa shape index (κ3) is 2.92. The number of halogens is 1. The zero-order valence-electron chi connectivity index (χ0n) is 8.91. The largest absolute Gasteiger partial charge is 0.292 e. The van der Waals surface area contributed by atoms with Gasteiger partial charge in [0.15, 0.2) is 5.78 Å². The number of hydrogen-bond donors (Lipinski definition) is 0. The maximum Gasteiger partial charge on any atom is 0.182 e. The first-order chi connectivity index (χ1) is 7.11. The van der Waals surface area contributed by atoms with Crippen LogP contribution < -0.4 is 0 Å². The molecule has 0 aliphatic rings. The molecule has 1 nitrogen and oxygen atoms in total. The maximum absolute atomic E-state index is 11.9. The number of Topliss-reactive ketones (excluding diaryl/α,β-unsaturated/α-hetero) is 1. The van der Waals surface area contributed by atoms with Crippen LogP contribution in [0.5, 0.6) is 0 Å². The van der Waals surface area contributed by atoms with Crippen molar-refractivity contribution in [3.63, 3.8) is 0 Å². The normalized spacial score (nSPS) is 12.5. The molecule has 1 atom stereocenters. The average Bonchev–Trinajstić information content (AvgIpc) is 2.26. The van der Waals surface area contributed by atoms with Gasteiger partial charge in [0.25, 0.3) is 0 Å². The third-order valence-electron chi connectivity index (χ3n) is 2.04. The van der Waals surface area contributed by atoms with Gasteiger partial charge in [-0.1, -0.05) is 6.07 Å². The van der Waals surface area contributed by atoms with E-state index in [1.54, 1.807) is 30.4 Å². The molecule has 1 rings (SSSR count). The van der Waals surface area contributed by atoms with E-state index in [0.717, 1.165) is 15.4 Å². The first-order valence-corrected chi connectivity index (χ1v) is 7.39. The predicted molar refractivity (Wildman–Crippen MR) is 69.6 cm³/mol. The van der Waals surface area contributed by atoms with Crippen molar-refractivity contribution >= 4 is 40.9 Å². The molecule has 0 amide bonds. The van der Waals surface area contributed by atoms with E-state index in [9.17, 15) is 4.79 Å². The summed E-state index contributed by atoms with van der Waals surface area (Å²) in [6.07, 6.45) is 3.93. The van der Waals surface area contributed by atoms with Crippen molar-refractivity contribution < 1.29 is 4.79 Å². The molecule has 0 N–H and O–H groups in total. The first kappa shape index (κ1) is 12.9. The summed E-state index contributed by atoms with van der Waals surface area (Å²) < 4.78 is 0.